The first-order valence-corrected chi connectivity index (χ1v) is 6.94. The van der Waals surface area contributed by atoms with Crippen LogP contribution in [0, 0.1) is 0 Å². The van der Waals surface area contributed by atoms with E-state index in [2.05, 4.69) is 15.6 Å². The number of amides is 2. The molecule has 1 aliphatic rings. The topological polar surface area (TPSA) is 74.3 Å². The molecule has 2 amide bonds. The number of pyridine rings is 1. The van der Waals surface area contributed by atoms with Crippen molar-refractivity contribution in [3.8, 4) is 0 Å². The lowest BCUT2D eigenvalue weighted by atomic mass is 10.2. The SMILES string of the molecule is O=C(NCCc1ccncc1)C(=O)N1CCCNCC1. The monoisotopic (exact) mass is 276 g/mol. The molecule has 2 rings (SSSR count). The molecule has 1 aliphatic heterocycles. The number of nitrogens with one attached hydrogen (secondary N) is 2. The predicted molar refractivity (Wildman–Crippen MR) is 75.0 cm³/mol. The fourth-order valence-electron chi connectivity index (χ4n) is 2.14. The second-order valence-electron chi connectivity index (χ2n) is 4.76. The van der Waals surface area contributed by atoms with Gasteiger partial charge in [-0.25, -0.2) is 0 Å². The molecule has 1 saturated heterocycles. The van der Waals surface area contributed by atoms with Crippen molar-refractivity contribution in [1.29, 1.82) is 0 Å². The molecule has 20 heavy (non-hydrogen) atoms. The van der Waals surface area contributed by atoms with Crippen molar-refractivity contribution in [2.24, 2.45) is 0 Å². The van der Waals surface area contributed by atoms with Crippen LogP contribution in [0.4, 0.5) is 0 Å². The molecule has 0 radical (unpaired) electrons. The molecule has 0 unspecified atom stereocenters. The van der Waals surface area contributed by atoms with Crippen LogP contribution < -0.4 is 10.6 Å². The van der Waals surface area contributed by atoms with E-state index in [1.807, 2.05) is 12.1 Å². The Bertz CT molecular complexity index is 442. The number of hydrogen-bond donors (Lipinski definition) is 2. The molecule has 1 fully saturated rings. The maximum atomic E-state index is 12.0. The van der Waals surface area contributed by atoms with E-state index < -0.39 is 11.8 Å². The fourth-order valence-corrected chi connectivity index (χ4v) is 2.14. The Morgan fingerprint density at radius 3 is 2.85 bits per heavy atom. The third kappa shape index (κ3) is 4.31. The first-order valence-electron chi connectivity index (χ1n) is 6.94. The Labute approximate surface area is 118 Å². The molecule has 0 bridgehead atoms. The standard InChI is InChI=1S/C14H20N4O2/c19-13(14(20)18-10-1-5-15-9-11-18)17-8-4-12-2-6-16-7-3-12/h2-3,6-7,15H,1,4-5,8-11H2,(H,17,19). The highest BCUT2D eigenvalue weighted by Crippen LogP contribution is 1.98. The molecule has 6 nitrogen and oxygen atoms in total. The van der Waals surface area contributed by atoms with Gasteiger partial charge in [0.25, 0.3) is 0 Å². The molecule has 6 heteroatoms. The van der Waals surface area contributed by atoms with Crippen molar-refractivity contribution in [3.63, 3.8) is 0 Å². The fraction of sp³-hybridized carbons (Fsp3) is 0.500. The van der Waals surface area contributed by atoms with Gasteiger partial charge in [-0.05, 0) is 37.1 Å². The maximum Gasteiger partial charge on any atom is 0.311 e. The molecule has 2 heterocycles. The van der Waals surface area contributed by atoms with Crippen LogP contribution in [0.2, 0.25) is 0 Å². The zero-order valence-corrected chi connectivity index (χ0v) is 11.5. The Morgan fingerprint density at radius 1 is 1.25 bits per heavy atom. The van der Waals surface area contributed by atoms with E-state index in [4.69, 9.17) is 0 Å². The highest BCUT2D eigenvalue weighted by molar-refractivity contribution is 6.35. The van der Waals surface area contributed by atoms with Gasteiger partial charge in [0, 0.05) is 38.6 Å². The van der Waals surface area contributed by atoms with Gasteiger partial charge in [-0.1, -0.05) is 0 Å². The van der Waals surface area contributed by atoms with Crippen LogP contribution >= 0.6 is 0 Å². The second kappa shape index (κ2) is 7.59. The van der Waals surface area contributed by atoms with E-state index in [1.165, 1.54) is 0 Å². The molecule has 0 saturated carbocycles. The van der Waals surface area contributed by atoms with E-state index in [0.29, 0.717) is 26.1 Å². The summed E-state index contributed by atoms with van der Waals surface area (Å²) < 4.78 is 0. The van der Waals surface area contributed by atoms with E-state index in [9.17, 15) is 9.59 Å². The summed E-state index contributed by atoms with van der Waals surface area (Å²) in [4.78, 5) is 29.3. The first kappa shape index (κ1) is 14.5. The Balaban J connectivity index is 1.75. The number of rotatable bonds is 3. The van der Waals surface area contributed by atoms with Crippen molar-refractivity contribution < 1.29 is 9.59 Å². The van der Waals surface area contributed by atoms with Crippen molar-refractivity contribution in [2.45, 2.75) is 12.8 Å². The molecule has 1 aromatic rings. The zero-order chi connectivity index (χ0) is 14.2. The number of carbonyl (C=O) groups is 2. The van der Waals surface area contributed by atoms with Gasteiger partial charge in [0.15, 0.2) is 0 Å². The molecule has 1 aromatic heterocycles. The molecule has 2 N–H and O–H groups in total. The van der Waals surface area contributed by atoms with Crippen molar-refractivity contribution in [3.05, 3.63) is 30.1 Å². The lowest BCUT2D eigenvalue weighted by Gasteiger charge is -2.19. The van der Waals surface area contributed by atoms with Gasteiger partial charge in [0.1, 0.15) is 0 Å². The summed E-state index contributed by atoms with van der Waals surface area (Å²) in [6, 6.07) is 3.79. The molecule has 0 aliphatic carbocycles. The van der Waals surface area contributed by atoms with E-state index >= 15 is 0 Å². The quantitative estimate of drug-likeness (QED) is 0.734. The summed E-state index contributed by atoms with van der Waals surface area (Å²) in [5.74, 6) is -0.940. The highest BCUT2D eigenvalue weighted by Gasteiger charge is 2.21. The normalized spacial score (nSPS) is 15.5. The lowest BCUT2D eigenvalue weighted by molar-refractivity contribution is -0.145. The van der Waals surface area contributed by atoms with Crippen LogP contribution in [-0.4, -0.2) is 54.4 Å². The van der Waals surface area contributed by atoms with Gasteiger partial charge >= 0.3 is 11.8 Å². The molecule has 0 atom stereocenters. The summed E-state index contributed by atoms with van der Waals surface area (Å²) in [5.41, 5.74) is 1.09. The summed E-state index contributed by atoms with van der Waals surface area (Å²) in [5, 5.41) is 5.88. The van der Waals surface area contributed by atoms with E-state index in [0.717, 1.165) is 25.1 Å². The minimum absolute atomic E-state index is 0.427. The van der Waals surface area contributed by atoms with E-state index in [-0.39, 0.29) is 0 Å². The van der Waals surface area contributed by atoms with Gasteiger partial charge < -0.3 is 15.5 Å². The predicted octanol–water partition coefficient (Wildman–Crippen LogP) is -0.438. The average Bonchev–Trinajstić information content (AvgIpc) is 2.76. The number of hydrogen-bond acceptors (Lipinski definition) is 4. The van der Waals surface area contributed by atoms with Crippen molar-refractivity contribution >= 4 is 11.8 Å². The van der Waals surface area contributed by atoms with Crippen LogP contribution in [-0.2, 0) is 16.0 Å². The first-order chi connectivity index (χ1) is 9.77. The number of nitrogens with zero attached hydrogens (tertiary/aromatic N) is 2. The third-order valence-electron chi connectivity index (χ3n) is 3.27. The third-order valence-corrected chi connectivity index (χ3v) is 3.27. The van der Waals surface area contributed by atoms with Crippen LogP contribution in [0.5, 0.6) is 0 Å². The minimum Gasteiger partial charge on any atom is -0.347 e. The van der Waals surface area contributed by atoms with Gasteiger partial charge in [0.05, 0.1) is 0 Å². The van der Waals surface area contributed by atoms with Crippen LogP contribution in [0.15, 0.2) is 24.5 Å². The maximum absolute atomic E-state index is 12.0. The Morgan fingerprint density at radius 2 is 2.05 bits per heavy atom. The second-order valence-corrected chi connectivity index (χ2v) is 4.76. The number of aromatic nitrogens is 1. The van der Waals surface area contributed by atoms with Crippen LogP contribution in [0.3, 0.4) is 0 Å². The summed E-state index contributed by atoms with van der Waals surface area (Å²) in [6.07, 6.45) is 5.01. The van der Waals surface area contributed by atoms with Gasteiger partial charge in [0.2, 0.25) is 0 Å². The summed E-state index contributed by atoms with van der Waals surface area (Å²) >= 11 is 0. The molecular formula is C14H20N4O2. The summed E-state index contributed by atoms with van der Waals surface area (Å²) in [6.45, 7) is 3.34. The van der Waals surface area contributed by atoms with Gasteiger partial charge in [-0.3, -0.25) is 14.6 Å². The van der Waals surface area contributed by atoms with Crippen LogP contribution in [0.1, 0.15) is 12.0 Å². The minimum atomic E-state index is -0.513. The zero-order valence-electron chi connectivity index (χ0n) is 11.5. The smallest absolute Gasteiger partial charge is 0.311 e. The van der Waals surface area contributed by atoms with Gasteiger partial charge in [-0.2, -0.15) is 0 Å². The molecule has 0 spiro atoms. The summed E-state index contributed by atoms with van der Waals surface area (Å²) in [7, 11) is 0. The Kier molecular flexibility index (Phi) is 5.49. The van der Waals surface area contributed by atoms with Gasteiger partial charge in [-0.15, -0.1) is 0 Å². The van der Waals surface area contributed by atoms with Crippen molar-refractivity contribution in [1.82, 2.24) is 20.5 Å². The molecular weight excluding hydrogens is 256 g/mol. The van der Waals surface area contributed by atoms with E-state index in [1.54, 1.807) is 17.3 Å². The average molecular weight is 276 g/mol. The van der Waals surface area contributed by atoms with Crippen LogP contribution in [0.25, 0.3) is 0 Å². The Hall–Kier alpha value is -1.95. The highest BCUT2D eigenvalue weighted by atomic mass is 16.2. The lowest BCUT2D eigenvalue weighted by Crippen LogP contribution is -2.44. The largest absolute Gasteiger partial charge is 0.347 e. The molecule has 0 aromatic carbocycles. The molecule has 108 valence electrons. The number of carbonyl (C=O) groups excluding carboxylic acids is 2. The van der Waals surface area contributed by atoms with Crippen molar-refractivity contribution in [2.75, 3.05) is 32.7 Å².